The molecule has 2 N–H and O–H groups in total. The average Bonchev–Trinajstić information content (AvgIpc) is 3.12. The van der Waals surface area contributed by atoms with Crippen LogP contribution in [0.3, 0.4) is 0 Å². The lowest BCUT2D eigenvalue weighted by Gasteiger charge is -2.23. The number of amides is 2. The first-order valence-electron chi connectivity index (χ1n) is 10.1. The fourth-order valence-electron chi connectivity index (χ4n) is 3.71. The number of carboxylic acids is 1. The maximum absolute atomic E-state index is 12.6. The molecule has 0 saturated carbocycles. The van der Waals surface area contributed by atoms with Crippen molar-refractivity contribution in [2.45, 2.75) is 18.4 Å². The van der Waals surface area contributed by atoms with Crippen molar-refractivity contribution in [1.29, 1.82) is 0 Å². The number of carbonyl (C=O) groups is 3. The largest absolute Gasteiger partial charge is 0.479 e. The lowest BCUT2D eigenvalue weighted by atomic mass is 9.98. The highest BCUT2D eigenvalue weighted by atomic mass is 16.7. The maximum Gasteiger partial charge on any atom is 0.407 e. The Kier molecular flexibility index (Phi) is 7.80. The lowest BCUT2D eigenvalue weighted by Crippen LogP contribution is -2.48. The molecule has 0 bridgehead atoms. The van der Waals surface area contributed by atoms with E-state index in [4.69, 9.17) is 19.4 Å². The zero-order valence-electron chi connectivity index (χ0n) is 17.9. The first-order valence-corrected chi connectivity index (χ1v) is 10.1. The second kappa shape index (κ2) is 10.7. The minimum Gasteiger partial charge on any atom is -0.479 e. The molecule has 1 aliphatic rings. The normalized spacial score (nSPS) is 13.1. The van der Waals surface area contributed by atoms with E-state index in [9.17, 15) is 14.4 Å². The highest BCUT2D eigenvalue weighted by Crippen LogP contribution is 2.44. The molecule has 1 aliphatic carbocycles. The summed E-state index contributed by atoms with van der Waals surface area (Å²) in [5, 5.41) is 12.0. The molecule has 9 nitrogen and oxygen atoms in total. The van der Waals surface area contributed by atoms with Crippen LogP contribution in [0.15, 0.2) is 48.5 Å². The van der Waals surface area contributed by atoms with Crippen LogP contribution in [-0.4, -0.2) is 68.2 Å². The van der Waals surface area contributed by atoms with Crippen LogP contribution < -0.4 is 5.32 Å². The van der Waals surface area contributed by atoms with Crippen molar-refractivity contribution in [3.8, 4) is 11.1 Å². The summed E-state index contributed by atoms with van der Waals surface area (Å²) in [4.78, 5) is 40.6. The minimum absolute atomic E-state index is 0.108. The van der Waals surface area contributed by atoms with Gasteiger partial charge in [0.1, 0.15) is 12.6 Å². The molecule has 3 rings (SSSR count). The standard InChI is InChI=1S/C23H26N2O7/c1-25(32-14-21(26)27)22(28)20(11-12-30-2)24-23(29)31-13-19-17-9-5-3-7-15(17)16-8-4-6-10-18(16)19/h3-10,19-20H,11-14H2,1-2H3,(H,24,29)(H,26,27). The Morgan fingerprint density at radius 3 is 2.22 bits per heavy atom. The predicted molar refractivity (Wildman–Crippen MR) is 115 cm³/mol. The molecule has 0 aromatic heterocycles. The molecule has 0 heterocycles. The zero-order valence-corrected chi connectivity index (χ0v) is 17.9. The molecular formula is C23H26N2O7. The van der Waals surface area contributed by atoms with Gasteiger partial charge in [-0.1, -0.05) is 48.5 Å². The molecule has 2 aromatic rings. The molecule has 2 amide bonds. The van der Waals surface area contributed by atoms with Crippen LogP contribution in [0.2, 0.25) is 0 Å². The smallest absolute Gasteiger partial charge is 0.407 e. The summed E-state index contributed by atoms with van der Waals surface area (Å²) >= 11 is 0. The molecule has 1 atom stereocenters. The van der Waals surface area contributed by atoms with E-state index < -0.39 is 30.6 Å². The highest BCUT2D eigenvalue weighted by Gasteiger charge is 2.30. The topological polar surface area (TPSA) is 114 Å². The Morgan fingerprint density at radius 1 is 1.06 bits per heavy atom. The van der Waals surface area contributed by atoms with E-state index in [0.29, 0.717) is 0 Å². The number of ether oxygens (including phenoxy) is 2. The Bertz CT molecular complexity index is 933. The summed E-state index contributed by atoms with van der Waals surface area (Å²) in [5.74, 6) is -1.94. The molecule has 170 valence electrons. The van der Waals surface area contributed by atoms with Gasteiger partial charge in [0, 0.05) is 33.1 Å². The molecule has 32 heavy (non-hydrogen) atoms. The van der Waals surface area contributed by atoms with Gasteiger partial charge in [0.2, 0.25) is 0 Å². The molecule has 0 radical (unpaired) electrons. The number of likely N-dealkylation sites (N-methyl/N-ethyl adjacent to an activating group) is 1. The highest BCUT2D eigenvalue weighted by molar-refractivity contribution is 5.85. The van der Waals surface area contributed by atoms with Gasteiger partial charge in [-0.3, -0.25) is 9.63 Å². The van der Waals surface area contributed by atoms with E-state index in [-0.39, 0.29) is 25.6 Å². The molecular weight excluding hydrogens is 416 g/mol. The van der Waals surface area contributed by atoms with Crippen molar-refractivity contribution >= 4 is 18.0 Å². The van der Waals surface area contributed by atoms with Gasteiger partial charge in [0.05, 0.1) is 0 Å². The maximum atomic E-state index is 12.6. The second-order valence-electron chi connectivity index (χ2n) is 7.31. The summed E-state index contributed by atoms with van der Waals surface area (Å²) in [5.41, 5.74) is 4.38. The molecule has 9 heteroatoms. The van der Waals surface area contributed by atoms with Gasteiger partial charge in [-0.15, -0.1) is 0 Å². The number of carbonyl (C=O) groups excluding carboxylic acids is 2. The summed E-state index contributed by atoms with van der Waals surface area (Å²) in [6.07, 6.45) is -0.590. The van der Waals surface area contributed by atoms with Gasteiger partial charge in [-0.2, -0.15) is 0 Å². The first kappa shape index (κ1) is 23.2. The predicted octanol–water partition coefficient (Wildman–Crippen LogP) is 2.40. The van der Waals surface area contributed by atoms with Crippen LogP contribution in [0.25, 0.3) is 11.1 Å². The summed E-state index contributed by atoms with van der Waals surface area (Å²) < 4.78 is 10.5. The quantitative estimate of drug-likeness (QED) is 0.543. The van der Waals surface area contributed by atoms with Crippen LogP contribution in [0.5, 0.6) is 0 Å². The van der Waals surface area contributed by atoms with Crippen molar-refractivity contribution in [1.82, 2.24) is 10.4 Å². The van der Waals surface area contributed by atoms with Crippen molar-refractivity contribution < 1.29 is 33.8 Å². The summed E-state index contributed by atoms with van der Waals surface area (Å²) in [7, 11) is 2.75. The Hall–Kier alpha value is -3.43. The van der Waals surface area contributed by atoms with Crippen LogP contribution in [0.1, 0.15) is 23.5 Å². The number of hydroxylamine groups is 2. The van der Waals surface area contributed by atoms with E-state index in [0.717, 1.165) is 27.3 Å². The first-order chi connectivity index (χ1) is 15.4. The molecule has 0 spiro atoms. The van der Waals surface area contributed by atoms with Crippen LogP contribution >= 0.6 is 0 Å². The number of aliphatic carboxylic acids is 1. The van der Waals surface area contributed by atoms with Gasteiger partial charge in [-0.25, -0.2) is 14.7 Å². The third-order valence-electron chi connectivity index (χ3n) is 5.24. The van der Waals surface area contributed by atoms with E-state index in [2.05, 4.69) is 5.32 Å². The molecule has 0 aliphatic heterocycles. The summed E-state index contributed by atoms with van der Waals surface area (Å²) in [6.45, 7) is -0.368. The SMILES string of the molecule is COCCC(NC(=O)OCC1c2ccccc2-c2ccccc21)C(=O)N(C)OCC(=O)O. The number of fused-ring (bicyclic) bond motifs is 3. The summed E-state index contributed by atoms with van der Waals surface area (Å²) in [6, 6.07) is 15.0. The van der Waals surface area contributed by atoms with Gasteiger partial charge in [0.25, 0.3) is 5.91 Å². The Labute approximate surface area is 185 Å². The van der Waals surface area contributed by atoms with Crippen molar-refractivity contribution in [2.75, 3.05) is 34.0 Å². The third-order valence-corrected chi connectivity index (χ3v) is 5.24. The van der Waals surface area contributed by atoms with Crippen molar-refractivity contribution in [3.05, 3.63) is 59.7 Å². The number of nitrogens with zero attached hydrogens (tertiary/aromatic N) is 1. The van der Waals surface area contributed by atoms with E-state index in [1.165, 1.54) is 14.2 Å². The Balaban J connectivity index is 1.64. The average molecular weight is 442 g/mol. The van der Waals surface area contributed by atoms with Crippen molar-refractivity contribution in [2.24, 2.45) is 0 Å². The number of rotatable bonds is 10. The fraction of sp³-hybridized carbons (Fsp3) is 0.348. The molecule has 0 saturated heterocycles. The number of nitrogens with one attached hydrogen (secondary N) is 1. The van der Waals surface area contributed by atoms with Crippen LogP contribution in [0.4, 0.5) is 4.79 Å². The number of alkyl carbamates (subject to hydrolysis) is 1. The van der Waals surface area contributed by atoms with E-state index >= 15 is 0 Å². The van der Waals surface area contributed by atoms with E-state index in [1.54, 1.807) is 0 Å². The second-order valence-corrected chi connectivity index (χ2v) is 7.31. The third kappa shape index (κ3) is 5.43. The molecule has 1 unspecified atom stereocenters. The number of benzene rings is 2. The van der Waals surface area contributed by atoms with Crippen LogP contribution in [0, 0.1) is 0 Å². The van der Waals surface area contributed by atoms with Crippen molar-refractivity contribution in [3.63, 3.8) is 0 Å². The Morgan fingerprint density at radius 2 is 1.66 bits per heavy atom. The van der Waals surface area contributed by atoms with Gasteiger partial charge >= 0.3 is 12.1 Å². The molecule has 2 aromatic carbocycles. The zero-order chi connectivity index (χ0) is 23.1. The van der Waals surface area contributed by atoms with Gasteiger partial charge in [0.15, 0.2) is 6.61 Å². The minimum atomic E-state index is -1.22. The number of methoxy groups -OCH3 is 1. The molecule has 0 fully saturated rings. The monoisotopic (exact) mass is 442 g/mol. The van der Waals surface area contributed by atoms with Gasteiger partial charge < -0.3 is 19.9 Å². The number of hydrogen-bond donors (Lipinski definition) is 2. The number of hydrogen-bond acceptors (Lipinski definition) is 6. The fourth-order valence-corrected chi connectivity index (χ4v) is 3.71. The van der Waals surface area contributed by atoms with E-state index in [1.807, 2.05) is 48.5 Å². The lowest BCUT2D eigenvalue weighted by molar-refractivity contribution is -0.187. The number of carboxylic acid groups (broad SMARTS) is 1. The van der Waals surface area contributed by atoms with Crippen LogP contribution in [-0.2, 0) is 23.9 Å². The van der Waals surface area contributed by atoms with Gasteiger partial charge in [-0.05, 0) is 22.3 Å².